The average molecular weight is 445 g/mol. The number of rotatable bonds is 7. The molecule has 0 amide bonds. The second kappa shape index (κ2) is 8.35. The van der Waals surface area contributed by atoms with Gasteiger partial charge in [-0.05, 0) is 66.3 Å². The third-order valence-electron chi connectivity index (χ3n) is 4.92. The fraction of sp³-hybridized carbons (Fsp3) is 0.364. The van der Waals surface area contributed by atoms with Crippen LogP contribution in [0.4, 0.5) is 5.69 Å². The molecule has 28 heavy (non-hydrogen) atoms. The SMILES string of the molecule is Cc1ccc(C(C)C)c(OCCCn2c(O)c(N=O)c3cc(Br)cc(C)c32)c1. The van der Waals surface area contributed by atoms with E-state index in [9.17, 15) is 10.0 Å². The van der Waals surface area contributed by atoms with Gasteiger partial charge in [-0.15, -0.1) is 4.91 Å². The molecular formula is C22H25BrN2O3. The van der Waals surface area contributed by atoms with Crippen molar-refractivity contribution >= 4 is 32.5 Å². The number of hydrogen-bond acceptors (Lipinski definition) is 4. The number of aromatic hydroxyl groups is 1. The maximum atomic E-state index is 11.3. The van der Waals surface area contributed by atoms with E-state index in [0.717, 1.165) is 26.9 Å². The number of hydrogen-bond donors (Lipinski definition) is 1. The van der Waals surface area contributed by atoms with Gasteiger partial charge in [-0.2, -0.15) is 0 Å². The maximum absolute atomic E-state index is 11.3. The second-order valence-electron chi connectivity index (χ2n) is 7.43. The molecule has 3 rings (SSSR count). The molecule has 3 aromatic rings. The lowest BCUT2D eigenvalue weighted by molar-refractivity contribution is 0.294. The van der Waals surface area contributed by atoms with Gasteiger partial charge < -0.3 is 14.4 Å². The van der Waals surface area contributed by atoms with Crippen LogP contribution in [0.15, 0.2) is 40.0 Å². The molecule has 1 N–H and O–H groups in total. The molecule has 0 radical (unpaired) electrons. The van der Waals surface area contributed by atoms with Crippen molar-refractivity contribution in [1.82, 2.24) is 4.57 Å². The topological polar surface area (TPSA) is 63.8 Å². The highest BCUT2D eigenvalue weighted by Crippen LogP contribution is 2.41. The van der Waals surface area contributed by atoms with Gasteiger partial charge in [-0.1, -0.05) is 41.9 Å². The summed E-state index contributed by atoms with van der Waals surface area (Å²) in [7, 11) is 0. The highest BCUT2D eigenvalue weighted by molar-refractivity contribution is 9.10. The first kappa shape index (κ1) is 20.4. The summed E-state index contributed by atoms with van der Waals surface area (Å²) in [5.74, 6) is 1.20. The quantitative estimate of drug-likeness (QED) is 0.325. The number of ether oxygens (including phenoxy) is 1. The van der Waals surface area contributed by atoms with Crippen LogP contribution in [0, 0.1) is 18.8 Å². The lowest BCUT2D eigenvalue weighted by atomic mass is 10.0. The minimum absolute atomic E-state index is 0.0843. The lowest BCUT2D eigenvalue weighted by Gasteiger charge is -2.15. The molecule has 0 fully saturated rings. The fourth-order valence-electron chi connectivity index (χ4n) is 3.58. The van der Waals surface area contributed by atoms with Crippen LogP contribution < -0.4 is 4.74 Å². The molecule has 0 aliphatic rings. The Balaban J connectivity index is 1.79. The Morgan fingerprint density at radius 3 is 2.64 bits per heavy atom. The minimum Gasteiger partial charge on any atom is -0.493 e. The number of nitroso groups, excluding NO2 is 1. The Hall–Kier alpha value is -2.34. The second-order valence-corrected chi connectivity index (χ2v) is 8.35. The summed E-state index contributed by atoms with van der Waals surface area (Å²) in [5, 5.41) is 14.2. The van der Waals surface area contributed by atoms with Gasteiger partial charge in [-0.3, -0.25) is 0 Å². The first-order valence-corrected chi connectivity index (χ1v) is 10.2. The normalized spacial score (nSPS) is 11.4. The van der Waals surface area contributed by atoms with Crippen molar-refractivity contribution in [1.29, 1.82) is 0 Å². The Labute approximate surface area is 173 Å². The zero-order valence-electron chi connectivity index (χ0n) is 16.6. The molecule has 0 saturated heterocycles. The zero-order valence-corrected chi connectivity index (χ0v) is 18.2. The molecule has 0 spiro atoms. The van der Waals surface area contributed by atoms with Crippen molar-refractivity contribution in [2.75, 3.05) is 6.61 Å². The van der Waals surface area contributed by atoms with Gasteiger partial charge in [-0.25, -0.2) is 0 Å². The van der Waals surface area contributed by atoms with E-state index in [-0.39, 0.29) is 11.6 Å². The molecule has 1 aromatic heterocycles. The van der Waals surface area contributed by atoms with Crippen LogP contribution in [0.5, 0.6) is 11.6 Å². The largest absolute Gasteiger partial charge is 0.493 e. The Kier molecular flexibility index (Phi) is 6.08. The van der Waals surface area contributed by atoms with Gasteiger partial charge in [0.05, 0.1) is 12.1 Å². The van der Waals surface area contributed by atoms with Crippen LogP contribution in [0.3, 0.4) is 0 Å². The molecule has 1 heterocycles. The number of aromatic nitrogens is 1. The smallest absolute Gasteiger partial charge is 0.222 e. The lowest BCUT2D eigenvalue weighted by Crippen LogP contribution is -2.06. The molecule has 148 valence electrons. The van der Waals surface area contributed by atoms with E-state index < -0.39 is 0 Å². The van der Waals surface area contributed by atoms with Gasteiger partial charge in [0.2, 0.25) is 5.88 Å². The van der Waals surface area contributed by atoms with Crippen molar-refractivity contribution < 1.29 is 9.84 Å². The van der Waals surface area contributed by atoms with Crippen LogP contribution in [0.2, 0.25) is 0 Å². The number of nitrogens with zero attached hydrogens (tertiary/aromatic N) is 2. The minimum atomic E-state index is -0.0929. The zero-order chi connectivity index (χ0) is 20.4. The fourth-order valence-corrected chi connectivity index (χ4v) is 4.16. The monoisotopic (exact) mass is 444 g/mol. The van der Waals surface area contributed by atoms with E-state index in [2.05, 4.69) is 60.1 Å². The van der Waals surface area contributed by atoms with Crippen LogP contribution in [0.25, 0.3) is 10.9 Å². The van der Waals surface area contributed by atoms with E-state index in [4.69, 9.17) is 4.74 Å². The van der Waals surface area contributed by atoms with Crippen molar-refractivity contribution in [3.05, 3.63) is 56.4 Å². The third-order valence-corrected chi connectivity index (χ3v) is 5.38. The van der Waals surface area contributed by atoms with Crippen LogP contribution >= 0.6 is 15.9 Å². The molecule has 5 nitrogen and oxygen atoms in total. The van der Waals surface area contributed by atoms with Gasteiger partial charge in [0.25, 0.3) is 0 Å². The van der Waals surface area contributed by atoms with Gasteiger partial charge in [0.1, 0.15) is 5.75 Å². The maximum Gasteiger partial charge on any atom is 0.222 e. The predicted octanol–water partition coefficient (Wildman–Crippen LogP) is 6.72. The van der Waals surface area contributed by atoms with Crippen molar-refractivity contribution in [2.45, 2.75) is 46.6 Å². The molecule has 0 saturated carbocycles. The molecule has 0 atom stereocenters. The summed E-state index contributed by atoms with van der Waals surface area (Å²) in [6, 6.07) is 10.1. The summed E-state index contributed by atoms with van der Waals surface area (Å²) in [5.41, 5.74) is 4.23. The van der Waals surface area contributed by atoms with Crippen LogP contribution in [0.1, 0.15) is 42.9 Å². The molecule has 0 unspecified atom stereocenters. The summed E-state index contributed by atoms with van der Waals surface area (Å²) in [6.07, 6.45) is 0.691. The first-order chi connectivity index (χ1) is 13.3. The Morgan fingerprint density at radius 2 is 1.96 bits per heavy atom. The number of halogens is 1. The Bertz CT molecular complexity index is 1020. The standard InChI is InChI=1S/C22H25BrN2O3/c1-13(2)17-7-6-14(3)10-19(17)28-9-5-8-25-21-15(4)11-16(23)12-18(21)20(24-27)22(25)26/h6-7,10-13,26H,5,8-9H2,1-4H3. The Morgan fingerprint density at radius 1 is 1.21 bits per heavy atom. The summed E-state index contributed by atoms with van der Waals surface area (Å²) >= 11 is 3.44. The number of benzene rings is 2. The highest BCUT2D eigenvalue weighted by Gasteiger charge is 2.19. The molecule has 2 aromatic carbocycles. The van der Waals surface area contributed by atoms with Gasteiger partial charge in [0, 0.05) is 16.4 Å². The third kappa shape index (κ3) is 3.92. The van der Waals surface area contributed by atoms with Crippen molar-refractivity contribution in [2.24, 2.45) is 5.18 Å². The van der Waals surface area contributed by atoms with Gasteiger partial charge in [0.15, 0.2) is 5.69 Å². The van der Waals surface area contributed by atoms with Crippen molar-refractivity contribution in [3.8, 4) is 11.6 Å². The van der Waals surface area contributed by atoms with E-state index in [1.54, 1.807) is 4.57 Å². The van der Waals surface area contributed by atoms with Crippen LogP contribution in [-0.2, 0) is 6.54 Å². The number of aryl methyl sites for hydroxylation is 3. The van der Waals surface area contributed by atoms with Gasteiger partial charge >= 0.3 is 0 Å². The molecule has 6 heteroatoms. The van der Waals surface area contributed by atoms with Crippen molar-refractivity contribution in [3.63, 3.8) is 0 Å². The van der Waals surface area contributed by atoms with E-state index in [0.29, 0.717) is 30.9 Å². The van der Waals surface area contributed by atoms with Crippen LogP contribution in [-0.4, -0.2) is 16.3 Å². The molecule has 0 bridgehead atoms. The predicted molar refractivity (Wildman–Crippen MR) is 117 cm³/mol. The molecule has 0 aliphatic heterocycles. The number of fused-ring (bicyclic) bond motifs is 1. The summed E-state index contributed by atoms with van der Waals surface area (Å²) in [4.78, 5) is 11.3. The summed E-state index contributed by atoms with van der Waals surface area (Å²) in [6.45, 7) is 9.35. The molecule has 0 aliphatic carbocycles. The van der Waals surface area contributed by atoms with E-state index >= 15 is 0 Å². The van der Waals surface area contributed by atoms with E-state index in [1.165, 1.54) is 5.56 Å². The highest BCUT2D eigenvalue weighted by atomic mass is 79.9. The average Bonchev–Trinajstić information content (AvgIpc) is 2.89. The molecular weight excluding hydrogens is 420 g/mol. The summed E-state index contributed by atoms with van der Waals surface area (Å²) < 4.78 is 8.65. The first-order valence-electron chi connectivity index (χ1n) is 9.41. The van der Waals surface area contributed by atoms with E-state index in [1.807, 2.05) is 19.1 Å².